The molecule has 116 valence electrons. The molecule has 0 spiro atoms. The second kappa shape index (κ2) is 7.60. The summed E-state index contributed by atoms with van der Waals surface area (Å²) in [5.74, 6) is 1.59. The second-order valence-corrected chi connectivity index (χ2v) is 6.59. The van der Waals surface area contributed by atoms with E-state index in [9.17, 15) is 4.79 Å². The van der Waals surface area contributed by atoms with E-state index < -0.39 is 6.04 Å². The molecule has 1 aliphatic rings. The molecule has 3 heteroatoms. The molecule has 0 bridgehead atoms. The lowest BCUT2D eigenvalue weighted by Crippen LogP contribution is -2.35. The van der Waals surface area contributed by atoms with Crippen LogP contribution in [0, 0.1) is 18.8 Å². The number of carbonyl (C=O) groups excluding carboxylic acids is 1. The summed E-state index contributed by atoms with van der Waals surface area (Å²) in [7, 11) is 0. The quantitative estimate of drug-likeness (QED) is 0.873. The third-order valence-corrected chi connectivity index (χ3v) is 4.71. The molecule has 1 amide bonds. The van der Waals surface area contributed by atoms with E-state index in [1.54, 1.807) is 0 Å². The Morgan fingerprint density at radius 1 is 1.24 bits per heavy atom. The minimum absolute atomic E-state index is 0.0666. The third-order valence-electron chi connectivity index (χ3n) is 4.71. The van der Waals surface area contributed by atoms with E-state index in [-0.39, 0.29) is 5.91 Å². The van der Waals surface area contributed by atoms with Crippen molar-refractivity contribution in [2.45, 2.75) is 52.0 Å². The molecule has 0 radical (unpaired) electrons. The van der Waals surface area contributed by atoms with Crippen LogP contribution in [0.3, 0.4) is 0 Å². The zero-order valence-electron chi connectivity index (χ0n) is 13.3. The Balaban J connectivity index is 1.72. The second-order valence-electron chi connectivity index (χ2n) is 6.59. The lowest BCUT2D eigenvalue weighted by atomic mass is 9.81. The largest absolute Gasteiger partial charge is 0.354 e. The molecule has 0 heterocycles. The Kier molecular flexibility index (Phi) is 5.80. The summed E-state index contributed by atoms with van der Waals surface area (Å²) in [5.41, 5.74) is 8.07. The van der Waals surface area contributed by atoms with Gasteiger partial charge < -0.3 is 11.1 Å². The van der Waals surface area contributed by atoms with Crippen molar-refractivity contribution >= 4 is 5.91 Å². The predicted molar refractivity (Wildman–Crippen MR) is 86.9 cm³/mol. The summed E-state index contributed by atoms with van der Waals surface area (Å²) < 4.78 is 0. The van der Waals surface area contributed by atoms with Gasteiger partial charge in [0.1, 0.15) is 6.04 Å². The van der Waals surface area contributed by atoms with Crippen molar-refractivity contribution in [2.24, 2.45) is 17.6 Å². The lowest BCUT2D eigenvalue weighted by molar-refractivity contribution is -0.122. The van der Waals surface area contributed by atoms with Crippen LogP contribution in [0.4, 0.5) is 0 Å². The molecule has 1 aromatic carbocycles. The van der Waals surface area contributed by atoms with Crippen molar-refractivity contribution in [1.82, 2.24) is 5.32 Å². The molecule has 0 saturated heterocycles. The van der Waals surface area contributed by atoms with Crippen molar-refractivity contribution in [3.8, 4) is 0 Å². The molecular weight excluding hydrogens is 260 g/mol. The van der Waals surface area contributed by atoms with Crippen molar-refractivity contribution < 1.29 is 4.79 Å². The molecule has 1 aliphatic carbocycles. The summed E-state index contributed by atoms with van der Waals surface area (Å²) in [5, 5.41) is 2.99. The molecule has 0 aliphatic heterocycles. The van der Waals surface area contributed by atoms with Gasteiger partial charge in [-0.3, -0.25) is 4.79 Å². The number of nitrogens with one attached hydrogen (secondary N) is 1. The number of benzene rings is 1. The molecule has 1 unspecified atom stereocenters. The van der Waals surface area contributed by atoms with E-state index in [4.69, 9.17) is 5.73 Å². The zero-order valence-corrected chi connectivity index (χ0v) is 13.3. The number of amides is 1. The third kappa shape index (κ3) is 4.85. The van der Waals surface area contributed by atoms with Gasteiger partial charge in [0.15, 0.2) is 0 Å². The van der Waals surface area contributed by atoms with Crippen LogP contribution in [0.15, 0.2) is 24.3 Å². The highest BCUT2D eigenvalue weighted by Gasteiger charge is 2.19. The van der Waals surface area contributed by atoms with Gasteiger partial charge in [0, 0.05) is 6.54 Å². The number of rotatable bonds is 5. The van der Waals surface area contributed by atoms with Gasteiger partial charge >= 0.3 is 0 Å². The van der Waals surface area contributed by atoms with E-state index in [2.05, 4.69) is 12.2 Å². The van der Waals surface area contributed by atoms with Gasteiger partial charge in [-0.1, -0.05) is 62.4 Å². The molecule has 1 aromatic rings. The van der Waals surface area contributed by atoms with Crippen LogP contribution in [-0.2, 0) is 4.79 Å². The standard InChI is InChI=1S/C18H28N2O/c1-13-3-7-15(8-4-13)11-12-20-18(21)17(19)16-9-5-14(2)6-10-16/h5-6,9-10,13,15,17H,3-4,7-8,11-12,19H2,1-2H3,(H,20,21). The highest BCUT2D eigenvalue weighted by molar-refractivity contribution is 5.82. The minimum Gasteiger partial charge on any atom is -0.354 e. The highest BCUT2D eigenvalue weighted by Crippen LogP contribution is 2.29. The normalized spacial score (nSPS) is 23.6. The number of nitrogens with two attached hydrogens (primary N) is 1. The lowest BCUT2D eigenvalue weighted by Gasteiger charge is -2.26. The molecule has 3 nitrogen and oxygen atoms in total. The fraction of sp³-hybridized carbons (Fsp3) is 0.611. The Labute approximate surface area is 128 Å². The maximum atomic E-state index is 12.1. The maximum Gasteiger partial charge on any atom is 0.241 e. The average molecular weight is 288 g/mol. The van der Waals surface area contributed by atoms with Gasteiger partial charge in [0.05, 0.1) is 0 Å². The smallest absolute Gasteiger partial charge is 0.241 e. The first-order chi connectivity index (χ1) is 10.1. The van der Waals surface area contributed by atoms with Crippen LogP contribution in [-0.4, -0.2) is 12.5 Å². The molecular formula is C18H28N2O. The first-order valence-electron chi connectivity index (χ1n) is 8.16. The van der Waals surface area contributed by atoms with E-state index in [0.717, 1.165) is 30.4 Å². The fourth-order valence-electron chi connectivity index (χ4n) is 3.05. The summed E-state index contributed by atoms with van der Waals surface area (Å²) >= 11 is 0. The van der Waals surface area contributed by atoms with Crippen molar-refractivity contribution in [3.63, 3.8) is 0 Å². The molecule has 1 saturated carbocycles. The first kappa shape index (κ1) is 16.0. The summed E-state index contributed by atoms with van der Waals surface area (Å²) in [4.78, 5) is 12.1. The molecule has 21 heavy (non-hydrogen) atoms. The number of hydrogen-bond donors (Lipinski definition) is 2. The maximum absolute atomic E-state index is 12.1. The van der Waals surface area contributed by atoms with Crippen LogP contribution in [0.5, 0.6) is 0 Å². The Hall–Kier alpha value is -1.35. The minimum atomic E-state index is -0.558. The Morgan fingerprint density at radius 3 is 2.48 bits per heavy atom. The molecule has 1 fully saturated rings. The highest BCUT2D eigenvalue weighted by atomic mass is 16.2. The van der Waals surface area contributed by atoms with Gasteiger partial charge in [-0.05, 0) is 30.7 Å². The summed E-state index contributed by atoms with van der Waals surface area (Å²) in [6.07, 6.45) is 6.37. The topological polar surface area (TPSA) is 55.1 Å². The van der Waals surface area contributed by atoms with Gasteiger partial charge in [-0.2, -0.15) is 0 Å². The van der Waals surface area contributed by atoms with E-state index in [1.807, 2.05) is 31.2 Å². The SMILES string of the molecule is Cc1ccc(C(N)C(=O)NCCC2CCC(C)CC2)cc1. The van der Waals surface area contributed by atoms with Gasteiger partial charge in [0.25, 0.3) is 0 Å². The summed E-state index contributed by atoms with van der Waals surface area (Å²) in [6.45, 7) is 5.11. The van der Waals surface area contributed by atoms with Gasteiger partial charge in [-0.25, -0.2) is 0 Å². The number of carbonyl (C=O) groups is 1. The Bertz CT molecular complexity index is 447. The first-order valence-corrected chi connectivity index (χ1v) is 8.16. The van der Waals surface area contributed by atoms with Crippen LogP contribution in [0.2, 0.25) is 0 Å². The van der Waals surface area contributed by atoms with Crippen LogP contribution in [0.1, 0.15) is 56.2 Å². The van der Waals surface area contributed by atoms with Crippen LogP contribution < -0.4 is 11.1 Å². The number of aryl methyl sites for hydroxylation is 1. The molecule has 1 atom stereocenters. The molecule has 0 aromatic heterocycles. The average Bonchev–Trinajstić information content (AvgIpc) is 2.49. The molecule has 2 rings (SSSR count). The van der Waals surface area contributed by atoms with Crippen molar-refractivity contribution in [2.75, 3.05) is 6.54 Å². The van der Waals surface area contributed by atoms with E-state index in [0.29, 0.717) is 0 Å². The monoisotopic (exact) mass is 288 g/mol. The summed E-state index contributed by atoms with van der Waals surface area (Å²) in [6, 6.07) is 7.29. The van der Waals surface area contributed by atoms with Crippen molar-refractivity contribution in [3.05, 3.63) is 35.4 Å². The zero-order chi connectivity index (χ0) is 15.2. The van der Waals surface area contributed by atoms with Crippen LogP contribution >= 0.6 is 0 Å². The van der Waals surface area contributed by atoms with E-state index >= 15 is 0 Å². The molecule has 3 N–H and O–H groups in total. The fourth-order valence-corrected chi connectivity index (χ4v) is 3.05. The predicted octanol–water partition coefficient (Wildman–Crippen LogP) is 3.33. The Morgan fingerprint density at radius 2 is 1.86 bits per heavy atom. The van der Waals surface area contributed by atoms with Crippen molar-refractivity contribution in [1.29, 1.82) is 0 Å². The van der Waals surface area contributed by atoms with E-state index in [1.165, 1.54) is 31.2 Å². The van der Waals surface area contributed by atoms with Gasteiger partial charge in [-0.15, -0.1) is 0 Å². The van der Waals surface area contributed by atoms with Gasteiger partial charge in [0.2, 0.25) is 5.91 Å². The number of hydrogen-bond acceptors (Lipinski definition) is 2. The van der Waals surface area contributed by atoms with Crippen LogP contribution in [0.25, 0.3) is 0 Å².